The summed E-state index contributed by atoms with van der Waals surface area (Å²) in [6.45, 7) is 1.78. The van der Waals surface area contributed by atoms with Crippen LogP contribution in [0.4, 0.5) is 5.69 Å². The van der Waals surface area contributed by atoms with Gasteiger partial charge in [-0.05, 0) is 12.5 Å². The number of nitro benzene ring substituents is 1. The van der Waals surface area contributed by atoms with E-state index in [0.29, 0.717) is 0 Å². The summed E-state index contributed by atoms with van der Waals surface area (Å²) >= 11 is 5.76. The summed E-state index contributed by atoms with van der Waals surface area (Å²) in [5.74, 6) is 0. The van der Waals surface area contributed by atoms with Gasteiger partial charge in [-0.15, -0.1) is 11.6 Å². The van der Waals surface area contributed by atoms with Gasteiger partial charge in [-0.1, -0.05) is 12.1 Å². The van der Waals surface area contributed by atoms with Crippen LogP contribution in [-0.2, 0) is 0 Å². The normalized spacial score (nSPS) is 12.5. The van der Waals surface area contributed by atoms with Crippen LogP contribution in [0.5, 0.6) is 0 Å². The van der Waals surface area contributed by atoms with Crippen molar-refractivity contribution in [2.75, 3.05) is 0 Å². The molecule has 0 aromatic heterocycles. The number of non-ortho nitro benzene ring substituents is 1. The van der Waals surface area contributed by atoms with Crippen LogP contribution in [0.2, 0.25) is 0 Å². The molecule has 0 fully saturated rings. The number of hydrogen-bond donors (Lipinski definition) is 0. The second-order valence-electron chi connectivity index (χ2n) is 2.47. The highest BCUT2D eigenvalue weighted by molar-refractivity contribution is 6.20. The third-order valence-electron chi connectivity index (χ3n) is 1.54. The van der Waals surface area contributed by atoms with Gasteiger partial charge in [-0.2, -0.15) is 0 Å². The first-order chi connectivity index (χ1) is 5.61. The summed E-state index contributed by atoms with van der Waals surface area (Å²) in [5.41, 5.74) is 0.853. The number of nitro groups is 1. The quantitative estimate of drug-likeness (QED) is 0.404. The van der Waals surface area contributed by atoms with E-state index >= 15 is 0 Å². The lowest BCUT2D eigenvalue weighted by Gasteiger charge is -2.01. The van der Waals surface area contributed by atoms with Gasteiger partial charge in [0.2, 0.25) is 0 Å². The molecule has 0 aliphatic rings. The lowest BCUT2D eigenvalue weighted by atomic mass is 10.1. The van der Waals surface area contributed by atoms with Crippen LogP contribution in [-0.4, -0.2) is 4.92 Å². The van der Waals surface area contributed by atoms with Crippen molar-refractivity contribution in [3.8, 4) is 0 Å². The first kappa shape index (κ1) is 9.00. The van der Waals surface area contributed by atoms with Gasteiger partial charge in [0.15, 0.2) is 0 Å². The summed E-state index contributed by atoms with van der Waals surface area (Å²) in [4.78, 5) is 9.91. The van der Waals surface area contributed by atoms with Crippen molar-refractivity contribution in [2.24, 2.45) is 0 Å². The average Bonchev–Trinajstić information content (AvgIpc) is 2.04. The number of alkyl halides is 1. The van der Waals surface area contributed by atoms with Crippen LogP contribution in [0.15, 0.2) is 24.3 Å². The van der Waals surface area contributed by atoms with Crippen LogP contribution >= 0.6 is 11.6 Å². The molecule has 0 radical (unpaired) electrons. The van der Waals surface area contributed by atoms with Crippen molar-refractivity contribution in [1.82, 2.24) is 0 Å². The topological polar surface area (TPSA) is 43.1 Å². The molecule has 1 rings (SSSR count). The van der Waals surface area contributed by atoms with Gasteiger partial charge in [0.05, 0.1) is 10.3 Å². The lowest BCUT2D eigenvalue weighted by Crippen LogP contribution is -1.90. The molecular weight excluding hydrogens is 178 g/mol. The molecule has 0 bridgehead atoms. The van der Waals surface area contributed by atoms with Crippen molar-refractivity contribution in [2.45, 2.75) is 12.3 Å². The fourth-order valence-electron chi connectivity index (χ4n) is 0.886. The molecule has 1 aromatic rings. The number of nitrogens with zero attached hydrogens (tertiary/aromatic N) is 1. The van der Waals surface area contributed by atoms with E-state index in [1.165, 1.54) is 12.1 Å². The molecular formula is C8H8ClNO2. The molecule has 0 N–H and O–H groups in total. The Morgan fingerprint density at radius 2 is 2.25 bits per heavy atom. The predicted molar refractivity (Wildman–Crippen MR) is 47.4 cm³/mol. The maximum atomic E-state index is 10.3. The number of rotatable bonds is 2. The van der Waals surface area contributed by atoms with Crippen LogP contribution in [0.25, 0.3) is 0 Å². The van der Waals surface area contributed by atoms with E-state index in [0.717, 1.165) is 5.56 Å². The Morgan fingerprint density at radius 3 is 2.75 bits per heavy atom. The highest BCUT2D eigenvalue weighted by Gasteiger charge is 2.07. The first-order valence-electron chi connectivity index (χ1n) is 3.49. The Morgan fingerprint density at radius 1 is 1.58 bits per heavy atom. The van der Waals surface area contributed by atoms with Crippen LogP contribution in [0.3, 0.4) is 0 Å². The Labute approximate surface area is 75.1 Å². The van der Waals surface area contributed by atoms with Gasteiger partial charge >= 0.3 is 0 Å². The Balaban J connectivity index is 3.04. The zero-order valence-corrected chi connectivity index (χ0v) is 7.28. The summed E-state index contributed by atoms with van der Waals surface area (Å²) in [6, 6.07) is 6.33. The molecule has 0 spiro atoms. The Hall–Kier alpha value is -1.09. The number of benzene rings is 1. The van der Waals surface area contributed by atoms with Crippen molar-refractivity contribution >= 4 is 17.3 Å². The molecule has 4 heteroatoms. The van der Waals surface area contributed by atoms with Crippen LogP contribution in [0, 0.1) is 10.1 Å². The summed E-state index contributed by atoms with van der Waals surface area (Å²) in [5, 5.41) is 10.1. The molecule has 0 unspecified atom stereocenters. The molecule has 0 saturated carbocycles. The summed E-state index contributed by atoms with van der Waals surface area (Å²) < 4.78 is 0. The molecule has 1 aromatic carbocycles. The van der Waals surface area contributed by atoms with Gasteiger partial charge in [-0.25, -0.2) is 0 Å². The molecule has 12 heavy (non-hydrogen) atoms. The molecule has 1 atom stereocenters. The SMILES string of the molecule is C[C@H](Cl)c1cccc([N+](=O)[O-])c1. The molecule has 0 amide bonds. The van der Waals surface area contributed by atoms with E-state index in [1.54, 1.807) is 19.1 Å². The molecule has 0 aliphatic carbocycles. The Kier molecular flexibility index (Phi) is 2.65. The lowest BCUT2D eigenvalue weighted by molar-refractivity contribution is -0.384. The van der Waals surface area contributed by atoms with Gasteiger partial charge < -0.3 is 0 Å². The van der Waals surface area contributed by atoms with Gasteiger partial charge in [0.25, 0.3) is 5.69 Å². The Bertz CT molecular complexity index is 299. The summed E-state index contributed by atoms with van der Waals surface area (Å²) in [7, 11) is 0. The van der Waals surface area contributed by atoms with Gasteiger partial charge in [0, 0.05) is 12.1 Å². The second-order valence-corrected chi connectivity index (χ2v) is 3.12. The zero-order chi connectivity index (χ0) is 9.14. The van der Waals surface area contributed by atoms with E-state index in [1.807, 2.05) is 0 Å². The van der Waals surface area contributed by atoms with Crippen molar-refractivity contribution in [3.63, 3.8) is 0 Å². The molecule has 0 saturated heterocycles. The molecule has 0 heterocycles. The highest BCUT2D eigenvalue weighted by Crippen LogP contribution is 2.22. The zero-order valence-electron chi connectivity index (χ0n) is 6.53. The maximum Gasteiger partial charge on any atom is 0.269 e. The average molecular weight is 186 g/mol. The standard InChI is InChI=1S/C8H8ClNO2/c1-6(9)7-3-2-4-8(5-7)10(11)12/h2-6H,1H3/t6-/m0/s1. The highest BCUT2D eigenvalue weighted by atomic mass is 35.5. The molecule has 64 valence electrons. The molecule has 0 aliphatic heterocycles. The predicted octanol–water partition coefficient (Wildman–Crippen LogP) is 2.89. The summed E-state index contributed by atoms with van der Waals surface area (Å²) in [6.07, 6.45) is 0. The number of hydrogen-bond acceptors (Lipinski definition) is 2. The smallest absolute Gasteiger partial charge is 0.258 e. The second kappa shape index (κ2) is 3.54. The maximum absolute atomic E-state index is 10.3. The van der Waals surface area contributed by atoms with Crippen LogP contribution in [0.1, 0.15) is 17.9 Å². The third-order valence-corrected chi connectivity index (χ3v) is 1.79. The monoisotopic (exact) mass is 185 g/mol. The minimum Gasteiger partial charge on any atom is -0.258 e. The van der Waals surface area contributed by atoms with Crippen molar-refractivity contribution in [3.05, 3.63) is 39.9 Å². The third kappa shape index (κ3) is 1.95. The van der Waals surface area contributed by atoms with E-state index in [-0.39, 0.29) is 11.1 Å². The largest absolute Gasteiger partial charge is 0.269 e. The van der Waals surface area contributed by atoms with Gasteiger partial charge in [0.1, 0.15) is 0 Å². The van der Waals surface area contributed by atoms with E-state index in [9.17, 15) is 10.1 Å². The van der Waals surface area contributed by atoms with Gasteiger partial charge in [-0.3, -0.25) is 10.1 Å². The first-order valence-corrected chi connectivity index (χ1v) is 3.93. The van der Waals surface area contributed by atoms with Crippen molar-refractivity contribution < 1.29 is 4.92 Å². The fourth-order valence-corrected chi connectivity index (χ4v) is 1.02. The van der Waals surface area contributed by atoms with E-state index < -0.39 is 4.92 Å². The fraction of sp³-hybridized carbons (Fsp3) is 0.250. The van der Waals surface area contributed by atoms with E-state index in [2.05, 4.69) is 0 Å². The van der Waals surface area contributed by atoms with Crippen molar-refractivity contribution in [1.29, 1.82) is 0 Å². The minimum absolute atomic E-state index is 0.0833. The van der Waals surface area contributed by atoms with E-state index in [4.69, 9.17) is 11.6 Å². The number of halogens is 1. The molecule has 3 nitrogen and oxygen atoms in total. The minimum atomic E-state index is -0.428. The van der Waals surface area contributed by atoms with Crippen LogP contribution < -0.4 is 0 Å².